The molecule has 1 aliphatic rings. The molecule has 3 rings (SSSR count). The van der Waals surface area contributed by atoms with Crippen LogP contribution < -0.4 is 5.32 Å². The fraction of sp³-hybridized carbons (Fsp3) is 0.423. The summed E-state index contributed by atoms with van der Waals surface area (Å²) >= 11 is 0. The molecule has 2 N–H and O–H groups in total. The Labute approximate surface area is 199 Å². The molecule has 2 atom stereocenters. The van der Waals surface area contributed by atoms with E-state index in [1.54, 1.807) is 13.8 Å². The second-order valence-electron chi connectivity index (χ2n) is 8.42. The van der Waals surface area contributed by atoms with Gasteiger partial charge in [0, 0.05) is 39.1 Å². The van der Waals surface area contributed by atoms with Crippen LogP contribution in [-0.2, 0) is 19.1 Å². The second kappa shape index (κ2) is 11.7. The van der Waals surface area contributed by atoms with Crippen molar-refractivity contribution in [3.05, 3.63) is 59.7 Å². The van der Waals surface area contributed by atoms with E-state index in [1.807, 2.05) is 36.4 Å². The summed E-state index contributed by atoms with van der Waals surface area (Å²) in [5, 5.41) is 11.9. The van der Waals surface area contributed by atoms with Gasteiger partial charge in [-0.2, -0.15) is 0 Å². The highest BCUT2D eigenvalue weighted by Crippen LogP contribution is 2.44. The molecular weight excluding hydrogens is 436 g/mol. The van der Waals surface area contributed by atoms with Gasteiger partial charge in [0.15, 0.2) is 0 Å². The topological polar surface area (TPSA) is 105 Å². The predicted octanol–water partition coefficient (Wildman–Crippen LogP) is 3.50. The zero-order valence-electron chi connectivity index (χ0n) is 19.8. The van der Waals surface area contributed by atoms with Crippen molar-refractivity contribution in [3.63, 3.8) is 0 Å². The lowest BCUT2D eigenvalue weighted by atomic mass is 9.98. The molecule has 0 bridgehead atoms. The lowest BCUT2D eigenvalue weighted by Gasteiger charge is -2.28. The van der Waals surface area contributed by atoms with E-state index in [4.69, 9.17) is 9.47 Å². The minimum absolute atomic E-state index is 0.0561. The van der Waals surface area contributed by atoms with Crippen LogP contribution in [0.1, 0.15) is 37.3 Å². The highest BCUT2D eigenvalue weighted by molar-refractivity contribution is 5.86. The van der Waals surface area contributed by atoms with Crippen LogP contribution in [-0.4, -0.2) is 67.4 Å². The molecule has 8 nitrogen and oxygen atoms in total. The Hall–Kier alpha value is -3.39. The maximum absolute atomic E-state index is 13.1. The molecule has 182 valence electrons. The summed E-state index contributed by atoms with van der Waals surface area (Å²) in [6.45, 7) is 4.09. The molecule has 2 amide bonds. The van der Waals surface area contributed by atoms with E-state index in [1.165, 1.54) is 12.0 Å². The standard InChI is InChI=1S/C26H32N2O6/c1-4-28(15-17(2)25(30)31)24(29)23(13-14-33-3)27-26(32)34-16-22-20-11-7-5-9-18(20)19-10-6-8-12-21(19)22/h5-12,17,22-23H,4,13-16H2,1-3H3,(H,27,32)(H,30,31). The molecule has 2 aromatic carbocycles. The first-order valence-electron chi connectivity index (χ1n) is 11.5. The lowest BCUT2D eigenvalue weighted by molar-refractivity contribution is -0.143. The van der Waals surface area contributed by atoms with Gasteiger partial charge in [0.1, 0.15) is 12.6 Å². The van der Waals surface area contributed by atoms with Crippen LogP contribution in [0.25, 0.3) is 11.1 Å². The van der Waals surface area contributed by atoms with Gasteiger partial charge in [-0.25, -0.2) is 4.79 Å². The first-order valence-corrected chi connectivity index (χ1v) is 11.5. The van der Waals surface area contributed by atoms with Crippen molar-refractivity contribution >= 4 is 18.0 Å². The van der Waals surface area contributed by atoms with Gasteiger partial charge in [-0.1, -0.05) is 55.5 Å². The predicted molar refractivity (Wildman–Crippen MR) is 128 cm³/mol. The van der Waals surface area contributed by atoms with Crippen LogP contribution in [0.4, 0.5) is 4.79 Å². The number of carbonyl (C=O) groups is 3. The van der Waals surface area contributed by atoms with E-state index in [0.29, 0.717) is 6.54 Å². The maximum Gasteiger partial charge on any atom is 0.407 e. The first kappa shape index (κ1) is 25.2. The molecular formula is C26H32N2O6. The number of nitrogens with zero attached hydrogens (tertiary/aromatic N) is 1. The van der Waals surface area contributed by atoms with Gasteiger partial charge in [0.2, 0.25) is 5.91 Å². The van der Waals surface area contributed by atoms with Gasteiger partial charge < -0.3 is 24.8 Å². The number of rotatable bonds is 11. The Morgan fingerprint density at radius 1 is 1.06 bits per heavy atom. The van der Waals surface area contributed by atoms with Gasteiger partial charge >= 0.3 is 12.1 Å². The normalized spacial score (nSPS) is 14.0. The summed E-state index contributed by atoms with van der Waals surface area (Å²) in [6, 6.07) is 15.2. The average molecular weight is 469 g/mol. The third-order valence-electron chi connectivity index (χ3n) is 6.15. The van der Waals surface area contributed by atoms with Crippen molar-refractivity contribution < 1.29 is 29.0 Å². The number of aliphatic carboxylic acids is 1. The van der Waals surface area contributed by atoms with Crippen molar-refractivity contribution in [1.82, 2.24) is 10.2 Å². The molecule has 1 aliphatic carbocycles. The van der Waals surface area contributed by atoms with E-state index in [-0.39, 0.29) is 38.0 Å². The number of hydrogen-bond donors (Lipinski definition) is 2. The number of fused-ring (bicyclic) bond motifs is 3. The molecule has 0 radical (unpaired) electrons. The Kier molecular flexibility index (Phi) is 8.65. The number of ether oxygens (including phenoxy) is 2. The molecule has 8 heteroatoms. The Morgan fingerprint density at radius 3 is 2.18 bits per heavy atom. The van der Waals surface area contributed by atoms with Crippen molar-refractivity contribution in [2.24, 2.45) is 5.92 Å². The Balaban J connectivity index is 1.67. The van der Waals surface area contributed by atoms with E-state index >= 15 is 0 Å². The number of carbonyl (C=O) groups excluding carboxylic acids is 2. The second-order valence-corrected chi connectivity index (χ2v) is 8.42. The van der Waals surface area contributed by atoms with Gasteiger partial charge in [-0.3, -0.25) is 9.59 Å². The van der Waals surface area contributed by atoms with Gasteiger partial charge in [0.25, 0.3) is 0 Å². The van der Waals surface area contributed by atoms with Gasteiger partial charge in [0.05, 0.1) is 5.92 Å². The quantitative estimate of drug-likeness (QED) is 0.523. The van der Waals surface area contributed by atoms with Crippen LogP contribution in [0.3, 0.4) is 0 Å². The Bertz CT molecular complexity index is 978. The molecule has 0 aromatic heterocycles. The number of methoxy groups -OCH3 is 1. The number of carboxylic acid groups (broad SMARTS) is 1. The number of nitrogens with one attached hydrogen (secondary N) is 1. The number of alkyl carbamates (subject to hydrolysis) is 1. The molecule has 0 heterocycles. The zero-order valence-corrected chi connectivity index (χ0v) is 19.8. The van der Waals surface area contributed by atoms with Crippen molar-refractivity contribution in [3.8, 4) is 11.1 Å². The highest BCUT2D eigenvalue weighted by Gasteiger charge is 2.31. The summed E-state index contributed by atoms with van der Waals surface area (Å²) in [7, 11) is 1.51. The molecule has 2 aromatic rings. The third kappa shape index (κ3) is 5.75. The number of hydrogen-bond acceptors (Lipinski definition) is 5. The summed E-state index contributed by atoms with van der Waals surface area (Å²) in [5.41, 5.74) is 4.46. The van der Waals surface area contributed by atoms with E-state index in [2.05, 4.69) is 17.4 Å². The third-order valence-corrected chi connectivity index (χ3v) is 6.15. The number of benzene rings is 2. The maximum atomic E-state index is 13.1. The largest absolute Gasteiger partial charge is 0.481 e. The molecule has 0 saturated heterocycles. The minimum atomic E-state index is -0.982. The van der Waals surface area contributed by atoms with Gasteiger partial charge in [-0.15, -0.1) is 0 Å². The zero-order chi connectivity index (χ0) is 24.7. The SMILES string of the molecule is CCN(CC(C)C(=O)O)C(=O)C(CCOC)NC(=O)OCC1c2ccccc2-c2ccccc21. The van der Waals surface area contributed by atoms with E-state index < -0.39 is 24.0 Å². The van der Waals surface area contributed by atoms with Crippen LogP contribution in [0.5, 0.6) is 0 Å². The summed E-state index contributed by atoms with van der Waals surface area (Å²) in [4.78, 5) is 38.4. The van der Waals surface area contributed by atoms with Gasteiger partial charge in [-0.05, 0) is 29.2 Å². The van der Waals surface area contributed by atoms with Crippen LogP contribution in [0.2, 0.25) is 0 Å². The van der Waals surface area contributed by atoms with Crippen molar-refractivity contribution in [2.75, 3.05) is 33.4 Å². The molecule has 0 fully saturated rings. The van der Waals surface area contributed by atoms with E-state index in [0.717, 1.165) is 22.3 Å². The molecule has 0 spiro atoms. The fourth-order valence-corrected chi connectivity index (χ4v) is 4.28. The van der Waals surface area contributed by atoms with Crippen molar-refractivity contribution in [1.29, 1.82) is 0 Å². The number of likely N-dealkylation sites (N-methyl/N-ethyl adjacent to an activating group) is 1. The van der Waals surface area contributed by atoms with Crippen LogP contribution >= 0.6 is 0 Å². The first-order chi connectivity index (χ1) is 16.4. The van der Waals surface area contributed by atoms with Crippen LogP contribution in [0.15, 0.2) is 48.5 Å². The molecule has 0 aliphatic heterocycles. The Morgan fingerprint density at radius 2 is 1.65 bits per heavy atom. The lowest BCUT2D eigenvalue weighted by Crippen LogP contribution is -2.50. The molecule has 2 unspecified atom stereocenters. The highest BCUT2D eigenvalue weighted by atomic mass is 16.5. The smallest absolute Gasteiger partial charge is 0.407 e. The van der Waals surface area contributed by atoms with Crippen LogP contribution in [0, 0.1) is 5.92 Å². The minimum Gasteiger partial charge on any atom is -0.481 e. The monoisotopic (exact) mass is 468 g/mol. The number of carboxylic acids is 1. The van der Waals surface area contributed by atoms with E-state index in [9.17, 15) is 19.5 Å². The van der Waals surface area contributed by atoms with Crippen molar-refractivity contribution in [2.45, 2.75) is 32.2 Å². The summed E-state index contributed by atoms with van der Waals surface area (Å²) < 4.78 is 10.7. The number of amides is 2. The molecule has 34 heavy (non-hydrogen) atoms. The fourth-order valence-electron chi connectivity index (χ4n) is 4.28. The summed E-state index contributed by atoms with van der Waals surface area (Å²) in [6.07, 6.45) is -0.448. The average Bonchev–Trinajstić information content (AvgIpc) is 3.16. The molecule has 0 saturated carbocycles. The summed E-state index contributed by atoms with van der Waals surface area (Å²) in [5.74, 6) is -2.15.